The van der Waals surface area contributed by atoms with Crippen LogP contribution in [0.5, 0.6) is 5.75 Å². The Balaban J connectivity index is 1.73. The lowest BCUT2D eigenvalue weighted by Gasteiger charge is -2.17. The first-order chi connectivity index (χ1) is 11.3. The SMILES string of the molecule is CCC1(CCCCc2cc(O)cc(CCCCC(C)(C)C)c2)CC1. The molecule has 1 aliphatic carbocycles. The van der Waals surface area contributed by atoms with Gasteiger partial charge in [0.25, 0.3) is 0 Å². The number of aryl methyl sites for hydroxylation is 2. The van der Waals surface area contributed by atoms with Gasteiger partial charge in [0.2, 0.25) is 0 Å². The van der Waals surface area contributed by atoms with Crippen molar-refractivity contribution in [3.05, 3.63) is 29.3 Å². The van der Waals surface area contributed by atoms with Gasteiger partial charge in [0.1, 0.15) is 5.75 Å². The topological polar surface area (TPSA) is 20.2 Å². The van der Waals surface area contributed by atoms with E-state index in [9.17, 15) is 5.11 Å². The fourth-order valence-electron chi connectivity index (χ4n) is 3.80. The number of unbranched alkanes of at least 4 members (excludes halogenated alkanes) is 2. The number of hydrogen-bond acceptors (Lipinski definition) is 1. The molecule has 0 unspecified atom stereocenters. The number of phenolic OH excluding ortho intramolecular Hbond substituents is 1. The smallest absolute Gasteiger partial charge is 0.116 e. The van der Waals surface area contributed by atoms with E-state index in [2.05, 4.69) is 33.8 Å². The van der Waals surface area contributed by atoms with Crippen LogP contribution in [0.2, 0.25) is 0 Å². The minimum atomic E-state index is 0.432. The van der Waals surface area contributed by atoms with Crippen molar-refractivity contribution in [1.29, 1.82) is 0 Å². The van der Waals surface area contributed by atoms with E-state index in [1.165, 1.54) is 68.9 Å². The highest BCUT2D eigenvalue weighted by Gasteiger charge is 2.39. The Labute approximate surface area is 149 Å². The first-order valence-corrected chi connectivity index (χ1v) is 10.1. The van der Waals surface area contributed by atoms with E-state index in [0.717, 1.165) is 18.3 Å². The third-order valence-corrected chi connectivity index (χ3v) is 5.81. The number of hydrogen-bond donors (Lipinski definition) is 1. The van der Waals surface area contributed by atoms with Gasteiger partial charge in [-0.1, -0.05) is 53.0 Å². The third kappa shape index (κ3) is 6.87. The van der Waals surface area contributed by atoms with Crippen LogP contribution in [-0.2, 0) is 12.8 Å². The lowest BCUT2D eigenvalue weighted by atomic mass is 9.89. The minimum Gasteiger partial charge on any atom is -0.508 e. The summed E-state index contributed by atoms with van der Waals surface area (Å²) in [6, 6.07) is 6.24. The van der Waals surface area contributed by atoms with E-state index in [-0.39, 0.29) is 0 Å². The minimum absolute atomic E-state index is 0.432. The van der Waals surface area contributed by atoms with Crippen molar-refractivity contribution < 1.29 is 5.11 Å². The first-order valence-electron chi connectivity index (χ1n) is 10.1. The Hall–Kier alpha value is -0.980. The van der Waals surface area contributed by atoms with E-state index in [1.807, 2.05) is 12.1 Å². The molecule has 1 heteroatoms. The zero-order valence-electron chi connectivity index (χ0n) is 16.5. The maximum atomic E-state index is 10.0. The number of phenols is 1. The lowest BCUT2D eigenvalue weighted by Crippen LogP contribution is -2.04. The Morgan fingerprint density at radius 2 is 1.50 bits per heavy atom. The normalized spacial score (nSPS) is 16.3. The van der Waals surface area contributed by atoms with E-state index in [1.54, 1.807) is 0 Å². The molecular formula is C23H38O. The molecule has 0 bridgehead atoms. The maximum Gasteiger partial charge on any atom is 0.116 e. The highest BCUT2D eigenvalue weighted by Crippen LogP contribution is 2.52. The van der Waals surface area contributed by atoms with Crippen molar-refractivity contribution in [2.45, 2.75) is 98.3 Å². The molecule has 1 N–H and O–H groups in total. The molecule has 1 aliphatic rings. The number of benzene rings is 1. The van der Waals surface area contributed by atoms with Crippen LogP contribution in [0.25, 0.3) is 0 Å². The van der Waals surface area contributed by atoms with E-state index < -0.39 is 0 Å². The highest BCUT2D eigenvalue weighted by atomic mass is 16.3. The quantitative estimate of drug-likeness (QED) is 0.455. The van der Waals surface area contributed by atoms with E-state index in [4.69, 9.17) is 0 Å². The molecule has 0 atom stereocenters. The monoisotopic (exact) mass is 330 g/mol. The van der Waals surface area contributed by atoms with Crippen LogP contribution < -0.4 is 0 Å². The summed E-state index contributed by atoms with van der Waals surface area (Å²) in [4.78, 5) is 0. The first kappa shape index (κ1) is 19.3. The summed E-state index contributed by atoms with van der Waals surface area (Å²) < 4.78 is 0. The maximum absolute atomic E-state index is 10.0. The van der Waals surface area contributed by atoms with Crippen LogP contribution in [0.1, 0.15) is 96.6 Å². The fraction of sp³-hybridized carbons (Fsp3) is 0.739. The lowest BCUT2D eigenvalue weighted by molar-refractivity contribution is 0.360. The zero-order chi connectivity index (χ0) is 17.6. The van der Waals surface area contributed by atoms with Crippen LogP contribution in [0, 0.1) is 10.8 Å². The van der Waals surface area contributed by atoms with Gasteiger partial charge in [-0.25, -0.2) is 0 Å². The van der Waals surface area contributed by atoms with Gasteiger partial charge in [0.05, 0.1) is 0 Å². The molecular weight excluding hydrogens is 292 g/mol. The molecule has 1 aromatic rings. The Morgan fingerprint density at radius 1 is 0.917 bits per heavy atom. The molecule has 0 spiro atoms. The van der Waals surface area contributed by atoms with E-state index >= 15 is 0 Å². The molecule has 0 aromatic heterocycles. The molecule has 24 heavy (non-hydrogen) atoms. The second-order valence-electron chi connectivity index (χ2n) is 9.34. The Bertz CT molecular complexity index is 505. The summed E-state index contributed by atoms with van der Waals surface area (Å²) in [5, 5.41) is 10.0. The third-order valence-electron chi connectivity index (χ3n) is 5.81. The molecule has 1 fully saturated rings. The largest absolute Gasteiger partial charge is 0.508 e. The van der Waals surface area contributed by atoms with Crippen molar-refractivity contribution in [2.24, 2.45) is 10.8 Å². The van der Waals surface area contributed by atoms with Crippen LogP contribution in [0.15, 0.2) is 18.2 Å². The van der Waals surface area contributed by atoms with Crippen molar-refractivity contribution >= 4 is 0 Å². The second-order valence-corrected chi connectivity index (χ2v) is 9.34. The summed E-state index contributed by atoms with van der Waals surface area (Å²) in [5.41, 5.74) is 3.78. The predicted molar refractivity (Wildman–Crippen MR) is 105 cm³/mol. The average Bonchev–Trinajstić information content (AvgIpc) is 3.27. The number of rotatable bonds is 10. The molecule has 2 rings (SSSR count). The van der Waals surface area contributed by atoms with Gasteiger partial charge < -0.3 is 5.11 Å². The second kappa shape index (κ2) is 8.41. The van der Waals surface area contributed by atoms with Gasteiger partial charge in [0, 0.05) is 0 Å². The van der Waals surface area contributed by atoms with Crippen molar-refractivity contribution in [2.75, 3.05) is 0 Å². The molecule has 1 aromatic carbocycles. The van der Waals surface area contributed by atoms with Gasteiger partial charge in [-0.2, -0.15) is 0 Å². The molecule has 0 heterocycles. The van der Waals surface area contributed by atoms with Crippen LogP contribution in [0.4, 0.5) is 0 Å². The molecule has 0 saturated heterocycles. The zero-order valence-corrected chi connectivity index (χ0v) is 16.5. The highest BCUT2D eigenvalue weighted by molar-refractivity contribution is 5.33. The van der Waals surface area contributed by atoms with Crippen LogP contribution in [0.3, 0.4) is 0 Å². The van der Waals surface area contributed by atoms with Gasteiger partial charge in [-0.15, -0.1) is 0 Å². The number of aromatic hydroxyl groups is 1. The molecule has 136 valence electrons. The molecule has 1 saturated carbocycles. The van der Waals surface area contributed by atoms with Gasteiger partial charge in [0.15, 0.2) is 0 Å². The van der Waals surface area contributed by atoms with E-state index in [0.29, 0.717) is 11.2 Å². The summed E-state index contributed by atoms with van der Waals surface area (Å²) >= 11 is 0. The van der Waals surface area contributed by atoms with Gasteiger partial charge in [-0.3, -0.25) is 0 Å². The van der Waals surface area contributed by atoms with Crippen LogP contribution >= 0.6 is 0 Å². The molecule has 0 amide bonds. The molecule has 0 radical (unpaired) electrons. The Kier molecular flexibility index (Phi) is 6.78. The van der Waals surface area contributed by atoms with Crippen molar-refractivity contribution in [3.8, 4) is 5.75 Å². The van der Waals surface area contributed by atoms with Crippen molar-refractivity contribution in [3.63, 3.8) is 0 Å². The van der Waals surface area contributed by atoms with Gasteiger partial charge >= 0.3 is 0 Å². The van der Waals surface area contributed by atoms with Gasteiger partial charge in [-0.05, 0) is 85.5 Å². The van der Waals surface area contributed by atoms with Crippen molar-refractivity contribution in [1.82, 2.24) is 0 Å². The summed E-state index contributed by atoms with van der Waals surface area (Å²) in [6.07, 6.45) is 14.2. The summed E-state index contributed by atoms with van der Waals surface area (Å²) in [6.45, 7) is 9.27. The summed E-state index contributed by atoms with van der Waals surface area (Å²) in [5.74, 6) is 0.450. The standard InChI is InChI=1S/C23H38O/c1-5-23(14-15-23)13-9-7-11-20-16-19(17-21(24)18-20)10-6-8-12-22(2,3)4/h16-18,24H,5-15H2,1-4H3. The summed E-state index contributed by atoms with van der Waals surface area (Å²) in [7, 11) is 0. The Morgan fingerprint density at radius 3 is 2.00 bits per heavy atom. The van der Waals surface area contributed by atoms with Crippen LogP contribution in [-0.4, -0.2) is 5.11 Å². The predicted octanol–water partition coefficient (Wildman–Crippen LogP) is 7.05. The molecule has 1 nitrogen and oxygen atoms in total. The fourth-order valence-corrected chi connectivity index (χ4v) is 3.80. The molecule has 0 aliphatic heterocycles. The average molecular weight is 331 g/mol.